The molecule has 23 heavy (non-hydrogen) atoms. The third kappa shape index (κ3) is 2.63. The number of para-hydroxylation sites is 1. The van der Waals surface area contributed by atoms with E-state index in [0.717, 1.165) is 0 Å². The second-order valence-corrected chi connectivity index (χ2v) is 4.92. The smallest absolute Gasteiger partial charge is 0.258 e. The molecule has 1 amide bonds. The zero-order chi connectivity index (χ0) is 16.4. The Morgan fingerprint density at radius 2 is 1.61 bits per heavy atom. The predicted octanol–water partition coefficient (Wildman–Crippen LogP) is 2.53. The molecule has 1 aliphatic rings. The van der Waals surface area contributed by atoms with E-state index in [1.165, 1.54) is 0 Å². The summed E-state index contributed by atoms with van der Waals surface area (Å²) in [5.41, 5.74) is 1.15. The molecule has 6 nitrogen and oxygen atoms in total. The first-order valence-corrected chi connectivity index (χ1v) is 7.04. The second kappa shape index (κ2) is 6.08. The largest absolute Gasteiger partial charge is 0.496 e. The van der Waals surface area contributed by atoms with Gasteiger partial charge in [0, 0.05) is 6.07 Å². The number of fused-ring (bicyclic) bond motifs is 1. The number of amides is 1. The number of nitrogens with one attached hydrogen (secondary N) is 1. The fourth-order valence-corrected chi connectivity index (χ4v) is 2.51. The maximum Gasteiger partial charge on any atom is 0.258 e. The molecule has 0 aliphatic carbocycles. The van der Waals surface area contributed by atoms with Gasteiger partial charge in [0.25, 0.3) is 5.91 Å². The molecule has 120 valence electrons. The molecule has 1 heterocycles. The molecule has 0 saturated heterocycles. The summed E-state index contributed by atoms with van der Waals surface area (Å²) in [4.78, 5) is 12.3. The molecule has 0 bridgehead atoms. The lowest BCUT2D eigenvalue weighted by atomic mass is 10.1. The van der Waals surface area contributed by atoms with Crippen molar-refractivity contribution in [3.8, 4) is 23.0 Å². The number of carbonyl (C=O) groups excluding carboxylic acids is 1. The lowest BCUT2D eigenvalue weighted by Gasteiger charge is -2.28. The van der Waals surface area contributed by atoms with Gasteiger partial charge in [0.1, 0.15) is 11.5 Å². The Balaban J connectivity index is 2.04. The van der Waals surface area contributed by atoms with Crippen molar-refractivity contribution in [3.63, 3.8) is 0 Å². The van der Waals surface area contributed by atoms with Gasteiger partial charge in [-0.15, -0.1) is 0 Å². The van der Waals surface area contributed by atoms with Crippen molar-refractivity contribution in [2.24, 2.45) is 0 Å². The highest BCUT2D eigenvalue weighted by molar-refractivity contribution is 5.98. The number of methoxy groups -OCH3 is 3. The molecule has 0 spiro atoms. The minimum Gasteiger partial charge on any atom is -0.496 e. The molecule has 6 heteroatoms. The molecule has 2 aromatic carbocycles. The summed E-state index contributed by atoms with van der Waals surface area (Å²) in [5, 5.41) is 2.81. The van der Waals surface area contributed by atoms with Crippen LogP contribution in [-0.4, -0.2) is 27.2 Å². The summed E-state index contributed by atoms with van der Waals surface area (Å²) in [5.74, 6) is 1.93. The van der Waals surface area contributed by atoms with Crippen LogP contribution >= 0.6 is 0 Å². The molecule has 1 atom stereocenters. The van der Waals surface area contributed by atoms with Crippen LogP contribution in [0.5, 0.6) is 23.0 Å². The van der Waals surface area contributed by atoms with Gasteiger partial charge in [0.2, 0.25) is 6.23 Å². The Bertz CT molecular complexity index is 744. The molecule has 0 unspecified atom stereocenters. The Hall–Kier alpha value is -2.89. The van der Waals surface area contributed by atoms with Gasteiger partial charge < -0.3 is 24.3 Å². The van der Waals surface area contributed by atoms with Crippen LogP contribution in [0, 0.1) is 0 Å². The van der Waals surface area contributed by atoms with Crippen molar-refractivity contribution >= 4 is 5.91 Å². The highest BCUT2D eigenvalue weighted by atomic mass is 16.5. The molecule has 3 rings (SSSR count). The lowest BCUT2D eigenvalue weighted by molar-refractivity contribution is 0.0751. The van der Waals surface area contributed by atoms with Crippen molar-refractivity contribution < 1.29 is 23.7 Å². The van der Waals surface area contributed by atoms with Crippen LogP contribution in [-0.2, 0) is 0 Å². The van der Waals surface area contributed by atoms with Gasteiger partial charge >= 0.3 is 0 Å². The fraction of sp³-hybridized carbons (Fsp3) is 0.235. The summed E-state index contributed by atoms with van der Waals surface area (Å²) < 4.78 is 21.9. The fourth-order valence-electron chi connectivity index (χ4n) is 2.51. The Morgan fingerprint density at radius 3 is 2.30 bits per heavy atom. The predicted molar refractivity (Wildman–Crippen MR) is 83.4 cm³/mol. The number of ether oxygens (including phenoxy) is 4. The first-order chi connectivity index (χ1) is 11.2. The summed E-state index contributed by atoms with van der Waals surface area (Å²) >= 11 is 0. The van der Waals surface area contributed by atoms with E-state index in [1.807, 2.05) is 6.07 Å². The average molecular weight is 315 g/mol. The maximum absolute atomic E-state index is 12.3. The Kier molecular flexibility index (Phi) is 3.97. The standard InChI is InChI=1S/C17H17NO5/c1-20-13-9-15(22-3)14(21-2)8-11(13)17-18-16(19)10-6-4-5-7-12(10)23-17/h4-9,17H,1-3H3,(H,18,19)/t17-/m0/s1. The van der Waals surface area contributed by atoms with Crippen LogP contribution in [0.3, 0.4) is 0 Å². The lowest BCUT2D eigenvalue weighted by Crippen LogP contribution is -2.37. The van der Waals surface area contributed by atoms with E-state index in [2.05, 4.69) is 5.32 Å². The minimum atomic E-state index is -0.674. The Labute approximate surface area is 133 Å². The van der Waals surface area contributed by atoms with Crippen LogP contribution in [0.15, 0.2) is 36.4 Å². The number of hydrogen-bond donors (Lipinski definition) is 1. The van der Waals surface area contributed by atoms with E-state index < -0.39 is 6.23 Å². The second-order valence-electron chi connectivity index (χ2n) is 4.92. The van der Waals surface area contributed by atoms with Gasteiger partial charge in [-0.3, -0.25) is 4.79 Å². The monoisotopic (exact) mass is 315 g/mol. The summed E-state index contributed by atoms with van der Waals surface area (Å²) in [6, 6.07) is 10.5. The normalized spacial score (nSPS) is 16.0. The molecule has 1 aliphatic heterocycles. The van der Waals surface area contributed by atoms with Gasteiger partial charge in [-0.25, -0.2) is 0 Å². The zero-order valence-electron chi connectivity index (χ0n) is 13.1. The number of benzene rings is 2. The minimum absolute atomic E-state index is 0.200. The average Bonchev–Trinajstić information content (AvgIpc) is 2.60. The van der Waals surface area contributed by atoms with Crippen molar-refractivity contribution in [2.75, 3.05) is 21.3 Å². The van der Waals surface area contributed by atoms with Crippen LogP contribution < -0.4 is 24.3 Å². The quantitative estimate of drug-likeness (QED) is 0.939. The molecular weight excluding hydrogens is 298 g/mol. The van der Waals surface area contributed by atoms with Crippen molar-refractivity contribution in [1.29, 1.82) is 0 Å². The van der Waals surface area contributed by atoms with Crippen LogP contribution in [0.25, 0.3) is 0 Å². The van der Waals surface area contributed by atoms with Gasteiger partial charge in [-0.2, -0.15) is 0 Å². The SMILES string of the molecule is COc1cc(OC)c([C@H]2NC(=O)c3ccccc3O2)cc1OC. The maximum atomic E-state index is 12.3. The highest BCUT2D eigenvalue weighted by Crippen LogP contribution is 2.39. The molecule has 1 N–H and O–H groups in total. The van der Waals surface area contributed by atoms with Crippen molar-refractivity contribution in [2.45, 2.75) is 6.23 Å². The number of rotatable bonds is 4. The number of carbonyl (C=O) groups is 1. The van der Waals surface area contributed by atoms with E-state index >= 15 is 0 Å². The van der Waals surface area contributed by atoms with Gasteiger partial charge in [0.15, 0.2) is 11.5 Å². The summed E-state index contributed by atoms with van der Waals surface area (Å²) in [6.45, 7) is 0. The van der Waals surface area contributed by atoms with Gasteiger partial charge in [-0.05, 0) is 18.2 Å². The third-order valence-corrected chi connectivity index (χ3v) is 3.66. The molecule has 0 radical (unpaired) electrons. The van der Waals surface area contributed by atoms with Crippen molar-refractivity contribution in [1.82, 2.24) is 5.32 Å². The molecule has 0 saturated carbocycles. The van der Waals surface area contributed by atoms with E-state index in [-0.39, 0.29) is 5.91 Å². The molecule has 0 aromatic heterocycles. The highest BCUT2D eigenvalue weighted by Gasteiger charge is 2.29. The van der Waals surface area contributed by atoms with E-state index in [9.17, 15) is 4.79 Å². The van der Waals surface area contributed by atoms with Crippen LogP contribution in [0.1, 0.15) is 22.1 Å². The van der Waals surface area contributed by atoms with Crippen LogP contribution in [0.4, 0.5) is 0 Å². The molecule has 2 aromatic rings. The van der Waals surface area contributed by atoms with Crippen LogP contribution in [0.2, 0.25) is 0 Å². The topological polar surface area (TPSA) is 66.0 Å². The Morgan fingerprint density at radius 1 is 0.957 bits per heavy atom. The molecule has 0 fully saturated rings. The molecular formula is C17H17NO5. The summed E-state index contributed by atoms with van der Waals surface area (Å²) in [6.07, 6.45) is -0.674. The van der Waals surface area contributed by atoms with Gasteiger partial charge in [0.05, 0.1) is 32.5 Å². The number of hydrogen-bond acceptors (Lipinski definition) is 5. The van der Waals surface area contributed by atoms with Gasteiger partial charge in [-0.1, -0.05) is 12.1 Å². The summed E-state index contributed by atoms with van der Waals surface area (Å²) in [7, 11) is 4.64. The van der Waals surface area contributed by atoms with E-state index in [0.29, 0.717) is 34.1 Å². The first-order valence-electron chi connectivity index (χ1n) is 7.04. The first kappa shape index (κ1) is 15.0. The zero-order valence-corrected chi connectivity index (χ0v) is 13.1. The third-order valence-electron chi connectivity index (χ3n) is 3.66. The van der Waals surface area contributed by atoms with Crippen molar-refractivity contribution in [3.05, 3.63) is 47.5 Å². The van der Waals surface area contributed by atoms with E-state index in [4.69, 9.17) is 18.9 Å². The van der Waals surface area contributed by atoms with E-state index in [1.54, 1.807) is 51.7 Å².